The second-order valence-corrected chi connectivity index (χ2v) is 6.61. The van der Waals surface area contributed by atoms with Crippen LogP contribution in [0.15, 0.2) is 29.2 Å². The second-order valence-electron chi connectivity index (χ2n) is 6.61. The molecule has 8 heteroatoms. The van der Waals surface area contributed by atoms with E-state index in [4.69, 9.17) is 0 Å². The Hall–Kier alpha value is -3.00. The van der Waals surface area contributed by atoms with E-state index in [1.165, 1.54) is 28.9 Å². The number of carbonyl (C=O) groups excluding carboxylic acids is 1. The van der Waals surface area contributed by atoms with Crippen LogP contribution < -0.4 is 16.2 Å². The first-order valence-corrected chi connectivity index (χ1v) is 8.91. The fourth-order valence-electron chi connectivity index (χ4n) is 3.63. The van der Waals surface area contributed by atoms with Crippen molar-refractivity contribution in [3.63, 3.8) is 0 Å². The highest BCUT2D eigenvalue weighted by Gasteiger charge is 2.24. The van der Waals surface area contributed by atoms with Crippen LogP contribution in [0, 0.1) is 12.7 Å². The van der Waals surface area contributed by atoms with Crippen molar-refractivity contribution in [3.8, 4) is 0 Å². The zero-order valence-corrected chi connectivity index (χ0v) is 15.2. The van der Waals surface area contributed by atoms with E-state index in [9.17, 15) is 14.0 Å². The van der Waals surface area contributed by atoms with Gasteiger partial charge in [-0.15, -0.1) is 0 Å². The third-order valence-corrected chi connectivity index (χ3v) is 4.96. The third kappa shape index (κ3) is 2.82. The minimum atomic E-state index is -0.379. The van der Waals surface area contributed by atoms with Crippen molar-refractivity contribution in [1.82, 2.24) is 19.5 Å². The average Bonchev–Trinajstić information content (AvgIpc) is 3.10. The molecule has 0 fully saturated rings. The smallest absolute Gasteiger partial charge is 0.279 e. The molecule has 0 atom stereocenters. The molecule has 3 aromatic rings. The first-order valence-electron chi connectivity index (χ1n) is 8.91. The summed E-state index contributed by atoms with van der Waals surface area (Å²) in [5.41, 5.74) is 3.39. The molecular formula is C19H20FN5O2. The van der Waals surface area contributed by atoms with Crippen LogP contribution in [0.2, 0.25) is 0 Å². The van der Waals surface area contributed by atoms with Gasteiger partial charge in [-0.25, -0.2) is 4.39 Å². The number of benzene rings is 1. The van der Waals surface area contributed by atoms with Crippen LogP contribution in [0.4, 0.5) is 10.1 Å². The highest BCUT2D eigenvalue weighted by Crippen LogP contribution is 2.20. The molecule has 0 aliphatic carbocycles. The van der Waals surface area contributed by atoms with Gasteiger partial charge in [0.2, 0.25) is 0 Å². The van der Waals surface area contributed by atoms with E-state index in [1.807, 2.05) is 11.5 Å². The molecule has 0 unspecified atom stereocenters. The Balaban J connectivity index is 1.84. The van der Waals surface area contributed by atoms with E-state index in [0.29, 0.717) is 41.1 Å². The molecule has 1 aliphatic rings. The van der Waals surface area contributed by atoms with Crippen molar-refractivity contribution < 1.29 is 9.18 Å². The first-order chi connectivity index (χ1) is 13.0. The van der Waals surface area contributed by atoms with E-state index in [2.05, 4.69) is 15.7 Å². The molecule has 7 nitrogen and oxygen atoms in total. The van der Waals surface area contributed by atoms with E-state index in [-0.39, 0.29) is 17.3 Å². The van der Waals surface area contributed by atoms with Gasteiger partial charge in [-0.05, 0) is 37.6 Å². The number of aromatic nitrogens is 3. The van der Waals surface area contributed by atoms with Gasteiger partial charge >= 0.3 is 0 Å². The number of nitrogens with zero attached hydrogens (tertiary/aromatic N) is 3. The molecule has 1 amide bonds. The van der Waals surface area contributed by atoms with E-state index in [0.717, 1.165) is 18.7 Å². The molecule has 0 saturated heterocycles. The molecule has 2 aromatic heterocycles. The van der Waals surface area contributed by atoms with Crippen molar-refractivity contribution in [2.45, 2.75) is 33.4 Å². The van der Waals surface area contributed by atoms with Gasteiger partial charge in [0.15, 0.2) is 5.65 Å². The monoisotopic (exact) mass is 369 g/mol. The Morgan fingerprint density at radius 1 is 1.41 bits per heavy atom. The Bertz CT molecular complexity index is 1120. The number of fused-ring (bicyclic) bond motifs is 2. The van der Waals surface area contributed by atoms with Gasteiger partial charge in [-0.1, -0.05) is 0 Å². The number of aryl methyl sites for hydroxylation is 2. The minimum absolute atomic E-state index is 0.200. The SMILES string of the molecule is CCn1c2c(c(=O)n3ncc(C(=O)Nc4ccc(F)cc4C)c13)CNCC2. The molecule has 0 radical (unpaired) electrons. The Kier molecular flexibility index (Phi) is 4.27. The third-order valence-electron chi connectivity index (χ3n) is 4.96. The number of hydrogen-bond acceptors (Lipinski definition) is 4. The zero-order valence-electron chi connectivity index (χ0n) is 15.2. The quantitative estimate of drug-likeness (QED) is 0.739. The molecule has 1 aliphatic heterocycles. The summed E-state index contributed by atoms with van der Waals surface area (Å²) in [6, 6.07) is 4.18. The van der Waals surface area contributed by atoms with Gasteiger partial charge in [-0.3, -0.25) is 9.59 Å². The van der Waals surface area contributed by atoms with Crippen LogP contribution in [-0.4, -0.2) is 26.6 Å². The van der Waals surface area contributed by atoms with Crippen LogP contribution in [0.1, 0.15) is 34.1 Å². The first kappa shape index (κ1) is 17.4. The lowest BCUT2D eigenvalue weighted by atomic mass is 10.1. The summed E-state index contributed by atoms with van der Waals surface area (Å²) >= 11 is 0. The lowest BCUT2D eigenvalue weighted by molar-refractivity contribution is 0.102. The van der Waals surface area contributed by atoms with E-state index >= 15 is 0 Å². The van der Waals surface area contributed by atoms with Crippen molar-refractivity contribution in [2.75, 3.05) is 11.9 Å². The molecule has 0 saturated carbocycles. The van der Waals surface area contributed by atoms with Crippen molar-refractivity contribution in [3.05, 3.63) is 63.0 Å². The second kappa shape index (κ2) is 6.62. The van der Waals surface area contributed by atoms with Crippen LogP contribution in [0.5, 0.6) is 0 Å². The van der Waals surface area contributed by atoms with Crippen molar-refractivity contribution in [2.24, 2.45) is 0 Å². The van der Waals surface area contributed by atoms with Crippen molar-refractivity contribution >= 4 is 17.2 Å². The predicted molar refractivity (Wildman–Crippen MR) is 99.6 cm³/mol. The average molecular weight is 369 g/mol. The van der Waals surface area contributed by atoms with Crippen molar-refractivity contribution in [1.29, 1.82) is 0 Å². The van der Waals surface area contributed by atoms with E-state index < -0.39 is 0 Å². The molecule has 0 spiro atoms. The van der Waals surface area contributed by atoms with Crippen LogP contribution >= 0.6 is 0 Å². The zero-order chi connectivity index (χ0) is 19.1. The van der Waals surface area contributed by atoms with Crippen LogP contribution in [-0.2, 0) is 19.5 Å². The molecule has 4 rings (SSSR count). The normalized spacial score (nSPS) is 13.6. The maximum Gasteiger partial charge on any atom is 0.279 e. The molecule has 3 heterocycles. The number of halogens is 1. The van der Waals surface area contributed by atoms with Crippen LogP contribution in [0.3, 0.4) is 0 Å². The van der Waals surface area contributed by atoms with Gasteiger partial charge in [-0.2, -0.15) is 9.61 Å². The standard InChI is InChI=1S/C19H20FN5O2/c1-3-24-16-6-7-21-9-13(16)19(27)25-18(24)14(10-22-25)17(26)23-15-5-4-12(20)8-11(15)2/h4-5,8,10,21H,3,6-7,9H2,1-2H3,(H,23,26). The molecule has 1 aromatic carbocycles. The van der Waals surface area contributed by atoms with Gasteiger partial charge in [0.05, 0.1) is 11.8 Å². The topological polar surface area (TPSA) is 80.4 Å². The lowest BCUT2D eigenvalue weighted by Gasteiger charge is -2.22. The summed E-state index contributed by atoms with van der Waals surface area (Å²) in [7, 11) is 0. The van der Waals surface area contributed by atoms with Gasteiger partial charge in [0.1, 0.15) is 11.4 Å². The number of anilines is 1. The number of amides is 1. The molecule has 0 bridgehead atoms. The molecular weight excluding hydrogens is 349 g/mol. The summed E-state index contributed by atoms with van der Waals surface area (Å²) in [5, 5.41) is 10.2. The van der Waals surface area contributed by atoms with Gasteiger partial charge in [0.25, 0.3) is 11.5 Å². The van der Waals surface area contributed by atoms with Gasteiger partial charge < -0.3 is 15.2 Å². The molecule has 27 heavy (non-hydrogen) atoms. The number of hydrogen-bond donors (Lipinski definition) is 2. The fourth-order valence-corrected chi connectivity index (χ4v) is 3.63. The Labute approximate surface area is 154 Å². The predicted octanol–water partition coefficient (Wildman–Crippen LogP) is 1.86. The summed E-state index contributed by atoms with van der Waals surface area (Å²) < 4.78 is 16.6. The molecule has 2 N–H and O–H groups in total. The summed E-state index contributed by atoms with van der Waals surface area (Å²) in [6.45, 7) is 5.60. The number of rotatable bonds is 3. The van der Waals surface area contributed by atoms with Crippen LogP contribution in [0.25, 0.3) is 5.65 Å². The Morgan fingerprint density at radius 3 is 2.96 bits per heavy atom. The molecule has 140 valence electrons. The number of nitrogens with one attached hydrogen (secondary N) is 2. The number of carbonyl (C=O) groups is 1. The largest absolute Gasteiger partial charge is 0.329 e. The highest BCUT2D eigenvalue weighted by molar-refractivity contribution is 6.08. The van der Waals surface area contributed by atoms with E-state index in [1.54, 1.807) is 6.92 Å². The maximum atomic E-state index is 13.3. The summed E-state index contributed by atoms with van der Waals surface area (Å²) in [6.07, 6.45) is 2.13. The fraction of sp³-hybridized carbons (Fsp3) is 0.316. The van der Waals surface area contributed by atoms with Gasteiger partial charge in [0, 0.05) is 37.4 Å². The summed E-state index contributed by atoms with van der Waals surface area (Å²) in [5.74, 6) is -0.739. The lowest BCUT2D eigenvalue weighted by Crippen LogP contribution is -2.36. The minimum Gasteiger partial charge on any atom is -0.329 e. The summed E-state index contributed by atoms with van der Waals surface area (Å²) in [4.78, 5) is 25.7. The Morgan fingerprint density at radius 2 is 2.22 bits per heavy atom. The maximum absolute atomic E-state index is 13.3. The highest BCUT2D eigenvalue weighted by atomic mass is 19.1.